The summed E-state index contributed by atoms with van der Waals surface area (Å²) in [5, 5.41) is 17.6. The zero-order valence-corrected chi connectivity index (χ0v) is 19.1. The molecule has 1 amide bonds. The molecule has 2 unspecified atom stereocenters. The molecule has 1 fully saturated rings. The molecule has 0 radical (unpaired) electrons. The highest BCUT2D eigenvalue weighted by atomic mass is 35.5. The lowest BCUT2D eigenvalue weighted by Gasteiger charge is -2.34. The maximum absolute atomic E-state index is 12.4. The van der Waals surface area contributed by atoms with Crippen LogP contribution in [0.15, 0.2) is 42.5 Å². The van der Waals surface area contributed by atoms with Crippen LogP contribution in [-0.4, -0.2) is 66.9 Å². The zero-order valence-electron chi connectivity index (χ0n) is 17.6. The Morgan fingerprint density at radius 3 is 2.50 bits per heavy atom. The van der Waals surface area contributed by atoms with E-state index in [-0.39, 0.29) is 18.5 Å². The highest BCUT2D eigenvalue weighted by molar-refractivity contribution is 6.39. The number of aliphatic hydroxyl groups excluding tert-OH is 1. The fraction of sp³-hybridized carbons (Fsp3) is 0.435. The van der Waals surface area contributed by atoms with Crippen molar-refractivity contribution in [1.29, 1.82) is 0 Å². The summed E-state index contributed by atoms with van der Waals surface area (Å²) >= 11 is 12.2. The number of aliphatic hydroxyl groups is 1. The van der Waals surface area contributed by atoms with Gasteiger partial charge >= 0.3 is 0 Å². The number of para-hydroxylation sites is 3. The lowest BCUT2D eigenvalue weighted by Crippen LogP contribution is -2.50. The molecule has 0 bridgehead atoms. The molecular weight excluding hydrogens is 453 g/mol. The Morgan fingerprint density at radius 1 is 1.09 bits per heavy atom. The first kappa shape index (κ1) is 23.1. The van der Waals surface area contributed by atoms with Crippen molar-refractivity contribution in [3.63, 3.8) is 0 Å². The predicted molar refractivity (Wildman–Crippen MR) is 125 cm³/mol. The summed E-state index contributed by atoms with van der Waals surface area (Å²) in [7, 11) is 0. The number of hydrogen-bond donors (Lipinski definition) is 3. The number of nitrogens with one attached hydrogen (secondary N) is 2. The smallest absolute Gasteiger partial charge is 0.238 e. The summed E-state index contributed by atoms with van der Waals surface area (Å²) in [5.74, 6) is 1.22. The van der Waals surface area contributed by atoms with Crippen LogP contribution in [-0.2, 0) is 4.79 Å². The molecule has 2 aliphatic rings. The Balaban J connectivity index is 1.17. The van der Waals surface area contributed by atoms with Crippen molar-refractivity contribution in [3.8, 4) is 11.5 Å². The summed E-state index contributed by atoms with van der Waals surface area (Å²) < 4.78 is 11.6. The summed E-state index contributed by atoms with van der Waals surface area (Å²) in [6.45, 7) is 2.60. The van der Waals surface area contributed by atoms with E-state index in [1.165, 1.54) is 0 Å². The van der Waals surface area contributed by atoms with Crippen LogP contribution in [0.2, 0.25) is 10.0 Å². The number of piperidine rings is 1. The second kappa shape index (κ2) is 10.7. The van der Waals surface area contributed by atoms with Gasteiger partial charge in [-0.1, -0.05) is 41.4 Å². The minimum atomic E-state index is -0.674. The average Bonchev–Trinajstić information content (AvgIpc) is 2.80. The fourth-order valence-corrected chi connectivity index (χ4v) is 4.43. The van der Waals surface area contributed by atoms with E-state index < -0.39 is 12.2 Å². The second-order valence-corrected chi connectivity index (χ2v) is 8.90. The standard InChI is InChI=1S/C23H27Cl2N3O4/c24-16-4-3-5-17(25)23(16)27-22(30)13-28-10-8-15(9-11-28)26-12-18(29)21-14-31-19-6-1-2-7-20(19)32-21/h1-7,15,18,21,26,29H,8-14H2,(H,27,30). The van der Waals surface area contributed by atoms with Crippen molar-refractivity contribution >= 4 is 34.8 Å². The topological polar surface area (TPSA) is 83.1 Å². The minimum absolute atomic E-state index is 0.142. The number of fused-ring (bicyclic) bond motifs is 1. The minimum Gasteiger partial charge on any atom is -0.486 e. The Bertz CT molecular complexity index is 917. The third-order valence-corrected chi connectivity index (χ3v) is 6.39. The van der Waals surface area contributed by atoms with Gasteiger partial charge in [-0.3, -0.25) is 9.69 Å². The molecule has 0 saturated carbocycles. The van der Waals surface area contributed by atoms with Crippen molar-refractivity contribution in [2.75, 3.05) is 38.1 Å². The number of halogens is 2. The van der Waals surface area contributed by atoms with Gasteiger partial charge in [0.25, 0.3) is 0 Å². The molecule has 4 rings (SSSR count). The molecule has 0 aromatic heterocycles. The lowest BCUT2D eigenvalue weighted by molar-refractivity contribution is -0.117. The van der Waals surface area contributed by atoms with Crippen molar-refractivity contribution in [3.05, 3.63) is 52.5 Å². The Labute approximate surface area is 197 Å². The van der Waals surface area contributed by atoms with Crippen LogP contribution in [0.3, 0.4) is 0 Å². The number of carbonyl (C=O) groups excluding carboxylic acids is 1. The van der Waals surface area contributed by atoms with E-state index in [9.17, 15) is 9.90 Å². The molecule has 7 nitrogen and oxygen atoms in total. The molecule has 0 aliphatic carbocycles. The van der Waals surface area contributed by atoms with Crippen LogP contribution in [0.4, 0.5) is 5.69 Å². The lowest BCUT2D eigenvalue weighted by atomic mass is 10.0. The first-order chi connectivity index (χ1) is 15.5. The third kappa shape index (κ3) is 5.85. The summed E-state index contributed by atoms with van der Waals surface area (Å²) in [6, 6.07) is 12.9. The van der Waals surface area contributed by atoms with Gasteiger partial charge in [0.05, 0.1) is 22.3 Å². The maximum atomic E-state index is 12.4. The van der Waals surface area contributed by atoms with Crippen molar-refractivity contribution in [2.24, 2.45) is 0 Å². The molecule has 2 aromatic rings. The molecule has 2 heterocycles. The van der Waals surface area contributed by atoms with Gasteiger partial charge < -0.3 is 25.2 Å². The van der Waals surface area contributed by atoms with Crippen LogP contribution >= 0.6 is 23.2 Å². The largest absolute Gasteiger partial charge is 0.486 e. The molecule has 2 aromatic carbocycles. The van der Waals surface area contributed by atoms with Crippen LogP contribution in [0.25, 0.3) is 0 Å². The molecule has 3 N–H and O–H groups in total. The number of hydrogen-bond acceptors (Lipinski definition) is 6. The molecular formula is C23H27Cl2N3O4. The molecule has 32 heavy (non-hydrogen) atoms. The summed E-state index contributed by atoms with van der Waals surface area (Å²) in [4.78, 5) is 14.5. The van der Waals surface area contributed by atoms with Gasteiger partial charge in [0, 0.05) is 25.7 Å². The molecule has 1 saturated heterocycles. The third-order valence-electron chi connectivity index (χ3n) is 5.76. The van der Waals surface area contributed by atoms with Crippen LogP contribution in [0.1, 0.15) is 12.8 Å². The number of likely N-dealkylation sites (tertiary alicyclic amines) is 1. The van der Waals surface area contributed by atoms with E-state index in [1.807, 2.05) is 24.3 Å². The molecule has 2 aliphatic heterocycles. The van der Waals surface area contributed by atoms with Gasteiger partial charge in [0.1, 0.15) is 12.7 Å². The Kier molecular flexibility index (Phi) is 7.75. The summed E-state index contributed by atoms with van der Waals surface area (Å²) in [5.41, 5.74) is 0.447. The first-order valence-corrected chi connectivity index (χ1v) is 11.5. The number of anilines is 1. The number of benzene rings is 2. The van der Waals surface area contributed by atoms with Crippen LogP contribution in [0, 0.1) is 0 Å². The fourth-order valence-electron chi connectivity index (χ4n) is 3.94. The zero-order chi connectivity index (χ0) is 22.5. The number of nitrogens with zero attached hydrogens (tertiary/aromatic N) is 1. The van der Waals surface area contributed by atoms with Crippen LogP contribution in [0.5, 0.6) is 11.5 Å². The molecule has 2 atom stereocenters. The second-order valence-electron chi connectivity index (χ2n) is 8.08. The molecule has 0 spiro atoms. The molecule has 172 valence electrons. The first-order valence-electron chi connectivity index (χ1n) is 10.8. The van der Waals surface area contributed by atoms with E-state index in [1.54, 1.807) is 18.2 Å². The van der Waals surface area contributed by atoms with E-state index in [2.05, 4.69) is 15.5 Å². The van der Waals surface area contributed by atoms with Gasteiger partial charge in [-0.2, -0.15) is 0 Å². The van der Waals surface area contributed by atoms with Crippen molar-refractivity contribution in [2.45, 2.75) is 31.1 Å². The Hall–Kier alpha value is -2.03. The monoisotopic (exact) mass is 479 g/mol. The van der Waals surface area contributed by atoms with Gasteiger partial charge in [0.2, 0.25) is 5.91 Å². The van der Waals surface area contributed by atoms with Gasteiger partial charge in [-0.15, -0.1) is 0 Å². The van der Waals surface area contributed by atoms with Gasteiger partial charge in [-0.25, -0.2) is 0 Å². The maximum Gasteiger partial charge on any atom is 0.238 e. The molecule has 9 heteroatoms. The van der Waals surface area contributed by atoms with Gasteiger partial charge in [-0.05, 0) is 37.1 Å². The van der Waals surface area contributed by atoms with E-state index in [0.29, 0.717) is 40.4 Å². The quantitative estimate of drug-likeness (QED) is 0.565. The Morgan fingerprint density at radius 2 is 1.78 bits per heavy atom. The highest BCUT2D eigenvalue weighted by Crippen LogP contribution is 2.32. The van der Waals surface area contributed by atoms with Crippen molar-refractivity contribution < 1.29 is 19.4 Å². The number of ether oxygens (including phenoxy) is 2. The number of carbonyl (C=O) groups is 1. The SMILES string of the molecule is O=C(CN1CCC(NCC(O)C2COc3ccccc3O2)CC1)Nc1c(Cl)cccc1Cl. The number of rotatable bonds is 7. The highest BCUT2D eigenvalue weighted by Gasteiger charge is 2.28. The average molecular weight is 480 g/mol. The van der Waals surface area contributed by atoms with Crippen LogP contribution < -0.4 is 20.1 Å². The van der Waals surface area contributed by atoms with Gasteiger partial charge in [0.15, 0.2) is 17.6 Å². The normalized spacial score (nSPS) is 20.0. The predicted octanol–water partition coefficient (Wildman–Crippen LogP) is 3.19. The van der Waals surface area contributed by atoms with Crippen molar-refractivity contribution in [1.82, 2.24) is 10.2 Å². The number of amides is 1. The van der Waals surface area contributed by atoms with E-state index in [0.717, 1.165) is 25.9 Å². The van der Waals surface area contributed by atoms with E-state index >= 15 is 0 Å². The summed E-state index contributed by atoms with van der Waals surface area (Å²) in [6.07, 6.45) is 0.695. The van der Waals surface area contributed by atoms with E-state index in [4.69, 9.17) is 32.7 Å².